The van der Waals surface area contributed by atoms with E-state index < -0.39 is 0 Å². The van der Waals surface area contributed by atoms with Crippen LogP contribution in [0.2, 0.25) is 0 Å². The van der Waals surface area contributed by atoms with Crippen molar-refractivity contribution in [1.29, 1.82) is 0 Å². The van der Waals surface area contributed by atoms with Gasteiger partial charge >= 0.3 is 0 Å². The Labute approximate surface area is 100 Å². The summed E-state index contributed by atoms with van der Waals surface area (Å²) in [7, 11) is 1.68. The summed E-state index contributed by atoms with van der Waals surface area (Å²) in [4.78, 5) is 11.3. The molecule has 0 aliphatic carbocycles. The maximum Gasteiger partial charge on any atom is 0.236 e. The Hall–Kier alpha value is -0.570. The van der Waals surface area contributed by atoms with E-state index in [4.69, 9.17) is 0 Å². The first-order valence-corrected chi connectivity index (χ1v) is 6.60. The second-order valence-electron chi connectivity index (χ2n) is 4.50. The van der Waals surface area contributed by atoms with Gasteiger partial charge < -0.3 is 10.6 Å². The number of nitrogens with one attached hydrogen (secondary N) is 2. The van der Waals surface area contributed by atoms with E-state index in [1.54, 1.807) is 7.05 Å². The largest absolute Gasteiger partial charge is 0.358 e. The first-order valence-electron chi connectivity index (χ1n) is 6.60. The normalized spacial score (nSPS) is 14.5. The summed E-state index contributed by atoms with van der Waals surface area (Å²) in [6, 6.07) is -0.0753. The quantitative estimate of drug-likeness (QED) is 0.636. The van der Waals surface area contributed by atoms with Crippen molar-refractivity contribution in [3.05, 3.63) is 0 Å². The van der Waals surface area contributed by atoms with Crippen LogP contribution in [0.15, 0.2) is 0 Å². The van der Waals surface area contributed by atoms with Gasteiger partial charge in [0.2, 0.25) is 5.91 Å². The number of likely N-dealkylation sites (N-methyl/N-ethyl adjacent to an activating group) is 1. The number of carbonyl (C=O) groups excluding carboxylic acids is 1. The number of unbranched alkanes of at least 4 members (excludes halogenated alkanes) is 1. The fourth-order valence-electron chi connectivity index (χ4n) is 1.86. The Balaban J connectivity index is 3.64. The molecule has 0 aromatic carbocycles. The highest BCUT2D eigenvalue weighted by Crippen LogP contribution is 2.15. The van der Waals surface area contributed by atoms with Crippen molar-refractivity contribution in [3.63, 3.8) is 0 Å². The summed E-state index contributed by atoms with van der Waals surface area (Å²) in [5.41, 5.74) is 0. The number of hydrogen-bond acceptors (Lipinski definition) is 2. The minimum atomic E-state index is -0.0753. The van der Waals surface area contributed by atoms with Crippen LogP contribution in [0.5, 0.6) is 0 Å². The summed E-state index contributed by atoms with van der Waals surface area (Å²) in [6.45, 7) is 7.34. The van der Waals surface area contributed by atoms with Gasteiger partial charge in [0.1, 0.15) is 0 Å². The third-order valence-electron chi connectivity index (χ3n) is 3.19. The molecule has 3 heteroatoms. The first kappa shape index (κ1) is 15.4. The van der Waals surface area contributed by atoms with Gasteiger partial charge in [-0.25, -0.2) is 0 Å². The van der Waals surface area contributed by atoms with E-state index in [0.29, 0.717) is 0 Å². The zero-order chi connectivity index (χ0) is 12.4. The molecule has 96 valence electrons. The molecule has 0 aromatic rings. The monoisotopic (exact) mass is 228 g/mol. The minimum Gasteiger partial charge on any atom is -0.358 e. The minimum absolute atomic E-state index is 0.0709. The lowest BCUT2D eigenvalue weighted by Crippen LogP contribution is -2.41. The molecule has 2 N–H and O–H groups in total. The van der Waals surface area contributed by atoms with Crippen LogP contribution in [0.4, 0.5) is 0 Å². The molecular formula is C13H28N2O. The van der Waals surface area contributed by atoms with Crippen LogP contribution in [0.1, 0.15) is 52.9 Å². The fraction of sp³-hybridized carbons (Fsp3) is 0.923. The smallest absolute Gasteiger partial charge is 0.236 e. The Morgan fingerprint density at radius 2 is 1.94 bits per heavy atom. The molecule has 16 heavy (non-hydrogen) atoms. The van der Waals surface area contributed by atoms with E-state index >= 15 is 0 Å². The third-order valence-corrected chi connectivity index (χ3v) is 3.19. The molecule has 0 aliphatic heterocycles. The van der Waals surface area contributed by atoms with Gasteiger partial charge in [0.25, 0.3) is 0 Å². The van der Waals surface area contributed by atoms with Crippen LogP contribution < -0.4 is 10.6 Å². The van der Waals surface area contributed by atoms with Crippen LogP contribution in [0.3, 0.4) is 0 Å². The van der Waals surface area contributed by atoms with Crippen molar-refractivity contribution in [2.24, 2.45) is 5.92 Å². The fourth-order valence-corrected chi connectivity index (χ4v) is 1.86. The van der Waals surface area contributed by atoms with E-state index in [9.17, 15) is 4.79 Å². The molecule has 0 aliphatic rings. The zero-order valence-electron chi connectivity index (χ0n) is 11.3. The van der Waals surface area contributed by atoms with Gasteiger partial charge in [0.15, 0.2) is 0 Å². The maximum absolute atomic E-state index is 11.3. The highest BCUT2D eigenvalue weighted by molar-refractivity contribution is 5.80. The van der Waals surface area contributed by atoms with Crippen molar-refractivity contribution in [2.75, 3.05) is 13.6 Å². The second kappa shape index (κ2) is 9.64. The summed E-state index contributed by atoms with van der Waals surface area (Å²) in [5, 5.41) is 5.91. The maximum atomic E-state index is 11.3. The summed E-state index contributed by atoms with van der Waals surface area (Å²) in [6.07, 6.45) is 6.35. The van der Waals surface area contributed by atoms with Crippen molar-refractivity contribution in [1.82, 2.24) is 10.6 Å². The molecule has 0 heterocycles. The summed E-state index contributed by atoms with van der Waals surface area (Å²) >= 11 is 0. The second-order valence-corrected chi connectivity index (χ2v) is 4.50. The lowest BCUT2D eigenvalue weighted by atomic mass is 9.96. The highest BCUT2D eigenvalue weighted by Gasteiger charge is 2.11. The Bertz CT molecular complexity index is 183. The average molecular weight is 228 g/mol. The van der Waals surface area contributed by atoms with Crippen LogP contribution in [0.25, 0.3) is 0 Å². The molecule has 0 saturated carbocycles. The van der Waals surface area contributed by atoms with E-state index in [1.165, 1.54) is 32.1 Å². The highest BCUT2D eigenvalue weighted by atomic mass is 16.2. The van der Waals surface area contributed by atoms with Crippen LogP contribution >= 0.6 is 0 Å². The van der Waals surface area contributed by atoms with Crippen molar-refractivity contribution >= 4 is 5.91 Å². The number of carbonyl (C=O) groups is 1. The van der Waals surface area contributed by atoms with Crippen molar-refractivity contribution < 1.29 is 4.79 Å². The molecule has 0 saturated heterocycles. The number of rotatable bonds is 9. The van der Waals surface area contributed by atoms with Gasteiger partial charge in [0, 0.05) is 7.05 Å². The SMILES string of the molecule is CCCCC(CC)CCN[C@H](C)C(=O)NC. The molecule has 1 amide bonds. The topological polar surface area (TPSA) is 41.1 Å². The van der Waals surface area contributed by atoms with Gasteiger partial charge in [-0.2, -0.15) is 0 Å². The van der Waals surface area contributed by atoms with Crippen LogP contribution in [-0.4, -0.2) is 25.5 Å². The molecule has 0 bridgehead atoms. The molecular weight excluding hydrogens is 200 g/mol. The van der Waals surface area contributed by atoms with Gasteiger partial charge in [-0.1, -0.05) is 39.5 Å². The third kappa shape index (κ3) is 6.83. The molecule has 0 aromatic heterocycles. The van der Waals surface area contributed by atoms with Crippen molar-refractivity contribution in [2.45, 2.75) is 58.9 Å². The predicted octanol–water partition coefficient (Wildman–Crippen LogP) is 2.32. The van der Waals surface area contributed by atoms with Crippen molar-refractivity contribution in [3.8, 4) is 0 Å². The Kier molecular flexibility index (Phi) is 9.30. The Morgan fingerprint density at radius 1 is 1.25 bits per heavy atom. The van der Waals surface area contributed by atoms with Crippen LogP contribution in [0, 0.1) is 5.92 Å². The summed E-state index contributed by atoms with van der Waals surface area (Å²) in [5.74, 6) is 0.881. The van der Waals surface area contributed by atoms with Crippen LogP contribution in [-0.2, 0) is 4.79 Å². The molecule has 0 radical (unpaired) electrons. The van der Waals surface area contributed by atoms with E-state index in [-0.39, 0.29) is 11.9 Å². The number of amides is 1. The van der Waals surface area contributed by atoms with Gasteiger partial charge in [0.05, 0.1) is 6.04 Å². The lowest BCUT2D eigenvalue weighted by molar-refractivity contribution is -0.122. The summed E-state index contributed by atoms with van der Waals surface area (Å²) < 4.78 is 0. The lowest BCUT2D eigenvalue weighted by Gasteiger charge is -2.17. The molecule has 0 rings (SSSR count). The van der Waals surface area contributed by atoms with Gasteiger partial charge in [-0.3, -0.25) is 4.79 Å². The van der Waals surface area contributed by atoms with Gasteiger partial charge in [-0.05, 0) is 25.8 Å². The standard InChI is InChI=1S/C13H28N2O/c1-5-7-8-12(6-2)9-10-15-11(3)13(16)14-4/h11-12,15H,5-10H2,1-4H3,(H,14,16)/t11-,12?/m1/s1. The zero-order valence-corrected chi connectivity index (χ0v) is 11.3. The molecule has 2 atom stereocenters. The molecule has 0 spiro atoms. The first-order chi connectivity index (χ1) is 7.65. The average Bonchev–Trinajstić information content (AvgIpc) is 2.32. The van der Waals surface area contributed by atoms with E-state index in [1.807, 2.05) is 6.92 Å². The van der Waals surface area contributed by atoms with E-state index in [0.717, 1.165) is 12.5 Å². The van der Waals surface area contributed by atoms with Gasteiger partial charge in [-0.15, -0.1) is 0 Å². The molecule has 0 fully saturated rings. The molecule has 1 unspecified atom stereocenters. The van der Waals surface area contributed by atoms with E-state index in [2.05, 4.69) is 24.5 Å². The Morgan fingerprint density at radius 3 is 2.44 bits per heavy atom. The number of hydrogen-bond donors (Lipinski definition) is 2. The predicted molar refractivity (Wildman–Crippen MR) is 69.5 cm³/mol. The molecule has 3 nitrogen and oxygen atoms in total.